The van der Waals surface area contributed by atoms with Gasteiger partial charge in [-0.15, -0.1) is 0 Å². The Kier molecular flexibility index (Phi) is 7.32. The van der Waals surface area contributed by atoms with E-state index in [9.17, 15) is 4.79 Å². The van der Waals surface area contributed by atoms with Gasteiger partial charge in [0, 0.05) is 0 Å². The second kappa shape index (κ2) is 10.1. The van der Waals surface area contributed by atoms with Gasteiger partial charge in [0.1, 0.15) is 24.7 Å². The molecule has 1 aliphatic rings. The molecule has 152 valence electrons. The third-order valence-electron chi connectivity index (χ3n) is 4.31. The molecule has 0 aromatic heterocycles. The Balaban J connectivity index is 1.32. The summed E-state index contributed by atoms with van der Waals surface area (Å²) in [6.07, 6.45) is 1.75. The number of thioether (sulfide) groups is 1. The molecule has 3 rings (SSSR count). The second-order valence-electron chi connectivity index (χ2n) is 6.52. The van der Waals surface area contributed by atoms with Crippen molar-refractivity contribution < 1.29 is 19.0 Å². The summed E-state index contributed by atoms with van der Waals surface area (Å²) >= 11 is 1.12. The number of hydrogen-bond donors (Lipinski definition) is 2. The Morgan fingerprint density at radius 3 is 2.21 bits per heavy atom. The van der Waals surface area contributed by atoms with Crippen LogP contribution >= 0.6 is 11.8 Å². The zero-order valence-electron chi connectivity index (χ0n) is 16.5. The minimum atomic E-state index is -0.237. The van der Waals surface area contributed by atoms with Gasteiger partial charge < -0.3 is 19.5 Å². The van der Waals surface area contributed by atoms with Crippen molar-refractivity contribution >= 4 is 28.9 Å². The lowest BCUT2D eigenvalue weighted by atomic mass is 10.1. The van der Waals surface area contributed by atoms with E-state index in [1.165, 1.54) is 11.1 Å². The van der Waals surface area contributed by atoms with Crippen LogP contribution < -0.4 is 14.8 Å². The van der Waals surface area contributed by atoms with Gasteiger partial charge in [0.15, 0.2) is 5.17 Å². The molecule has 1 amide bonds. The average Bonchev–Trinajstić information content (AvgIpc) is 3.02. The third kappa shape index (κ3) is 6.37. The summed E-state index contributed by atoms with van der Waals surface area (Å²) in [4.78, 5) is 12.1. The van der Waals surface area contributed by atoms with Crippen molar-refractivity contribution in [2.45, 2.75) is 13.8 Å². The van der Waals surface area contributed by atoms with Crippen molar-refractivity contribution in [3.05, 3.63) is 64.1 Å². The average molecular weight is 413 g/mol. The van der Waals surface area contributed by atoms with Gasteiger partial charge in [-0.1, -0.05) is 18.2 Å². The predicted molar refractivity (Wildman–Crippen MR) is 116 cm³/mol. The van der Waals surface area contributed by atoms with Crippen molar-refractivity contribution in [3.8, 4) is 11.5 Å². The summed E-state index contributed by atoms with van der Waals surface area (Å²) in [5.41, 5.74) is 3.34. The molecule has 7 heteroatoms. The van der Waals surface area contributed by atoms with Crippen molar-refractivity contribution in [2.24, 2.45) is 0 Å². The fourth-order valence-corrected chi connectivity index (χ4v) is 3.30. The maximum absolute atomic E-state index is 11.6. The van der Waals surface area contributed by atoms with Gasteiger partial charge in [-0.25, -0.2) is 0 Å². The molecule has 2 aromatic rings. The van der Waals surface area contributed by atoms with Crippen molar-refractivity contribution in [1.29, 1.82) is 5.41 Å². The topological polar surface area (TPSA) is 80.6 Å². The molecule has 0 bridgehead atoms. The second-order valence-corrected chi connectivity index (χ2v) is 7.57. The van der Waals surface area contributed by atoms with Crippen molar-refractivity contribution in [1.82, 2.24) is 5.32 Å². The van der Waals surface area contributed by atoms with E-state index in [0.29, 0.717) is 31.3 Å². The molecule has 1 fully saturated rings. The minimum absolute atomic E-state index is 0.153. The van der Waals surface area contributed by atoms with Gasteiger partial charge in [-0.05, 0) is 72.6 Å². The number of carbonyl (C=O) groups excluding carboxylic acids is 1. The largest absolute Gasteiger partial charge is 0.491 e. The van der Waals surface area contributed by atoms with Gasteiger partial charge in [-0.2, -0.15) is 0 Å². The van der Waals surface area contributed by atoms with E-state index in [1.807, 2.05) is 42.5 Å². The molecule has 2 aromatic carbocycles. The van der Waals surface area contributed by atoms with E-state index in [4.69, 9.17) is 19.6 Å². The smallest absolute Gasteiger partial charge is 0.264 e. The van der Waals surface area contributed by atoms with Gasteiger partial charge in [0.2, 0.25) is 0 Å². The number of carbonyl (C=O) groups is 1. The van der Waals surface area contributed by atoms with E-state index in [0.717, 1.165) is 28.8 Å². The maximum Gasteiger partial charge on any atom is 0.264 e. The van der Waals surface area contributed by atoms with Crippen LogP contribution in [0.4, 0.5) is 0 Å². The van der Waals surface area contributed by atoms with Crippen LogP contribution in [0.15, 0.2) is 47.4 Å². The summed E-state index contributed by atoms with van der Waals surface area (Å²) < 4.78 is 16.9. The Morgan fingerprint density at radius 2 is 1.59 bits per heavy atom. The van der Waals surface area contributed by atoms with Crippen LogP contribution in [-0.2, 0) is 9.53 Å². The molecule has 0 atom stereocenters. The third-order valence-corrected chi connectivity index (χ3v) is 5.14. The SMILES string of the molecule is Cc1ccc(OCCOCCOc2ccc(/C=C3\SC(=N)NC3=O)cc2)cc1C. The normalized spacial score (nSPS) is 14.9. The molecule has 1 aliphatic heterocycles. The molecule has 29 heavy (non-hydrogen) atoms. The first-order chi connectivity index (χ1) is 14.0. The molecular weight excluding hydrogens is 388 g/mol. The molecule has 0 aliphatic carbocycles. The number of rotatable bonds is 9. The molecule has 0 spiro atoms. The van der Waals surface area contributed by atoms with Crippen molar-refractivity contribution in [3.63, 3.8) is 0 Å². The van der Waals surface area contributed by atoms with Gasteiger partial charge in [0.25, 0.3) is 5.91 Å². The molecule has 2 N–H and O–H groups in total. The zero-order valence-corrected chi connectivity index (χ0v) is 17.3. The maximum atomic E-state index is 11.6. The summed E-state index contributed by atoms with van der Waals surface area (Å²) in [5.74, 6) is 1.35. The first-order valence-electron chi connectivity index (χ1n) is 9.31. The highest BCUT2D eigenvalue weighted by molar-refractivity contribution is 8.18. The van der Waals surface area contributed by atoms with Crippen LogP contribution in [0.1, 0.15) is 16.7 Å². The van der Waals surface area contributed by atoms with Crippen LogP contribution in [0.5, 0.6) is 11.5 Å². The Morgan fingerprint density at radius 1 is 0.931 bits per heavy atom. The Labute approximate surface area is 174 Å². The fourth-order valence-electron chi connectivity index (χ4n) is 2.60. The lowest BCUT2D eigenvalue weighted by Crippen LogP contribution is -2.18. The van der Waals surface area contributed by atoms with E-state index in [1.54, 1.807) is 6.08 Å². The summed E-state index contributed by atoms with van der Waals surface area (Å²) in [7, 11) is 0. The number of ether oxygens (including phenoxy) is 3. The van der Waals surface area contributed by atoms with Crippen LogP contribution in [0, 0.1) is 19.3 Å². The number of amides is 1. The Bertz CT molecular complexity index is 910. The molecular formula is C22H24N2O4S. The number of nitrogens with one attached hydrogen (secondary N) is 2. The summed E-state index contributed by atoms with van der Waals surface area (Å²) in [5, 5.41) is 10.1. The fraction of sp³-hybridized carbons (Fsp3) is 0.273. The number of aryl methyl sites for hydroxylation is 2. The standard InChI is InChI=1S/C22H24N2O4S/c1-15-3-6-19(13-16(15)2)28-12-10-26-9-11-27-18-7-4-17(5-8-18)14-20-21(25)24-22(23)29-20/h3-8,13-14H,9-12H2,1-2H3,(H2,23,24,25)/b20-14-. The van der Waals surface area contributed by atoms with E-state index in [2.05, 4.69) is 19.2 Å². The highest BCUT2D eigenvalue weighted by atomic mass is 32.2. The minimum Gasteiger partial charge on any atom is -0.491 e. The summed E-state index contributed by atoms with van der Waals surface area (Å²) in [6.45, 7) is 6.05. The van der Waals surface area contributed by atoms with E-state index in [-0.39, 0.29) is 11.1 Å². The number of amidine groups is 1. The lowest BCUT2D eigenvalue weighted by Gasteiger charge is -2.10. The monoisotopic (exact) mass is 412 g/mol. The van der Waals surface area contributed by atoms with Crippen LogP contribution in [0.2, 0.25) is 0 Å². The van der Waals surface area contributed by atoms with E-state index >= 15 is 0 Å². The van der Waals surface area contributed by atoms with E-state index < -0.39 is 0 Å². The molecule has 6 nitrogen and oxygen atoms in total. The predicted octanol–water partition coefficient (Wildman–Crippen LogP) is 3.92. The molecule has 0 radical (unpaired) electrons. The molecule has 0 saturated carbocycles. The van der Waals surface area contributed by atoms with Crippen LogP contribution in [0.25, 0.3) is 6.08 Å². The van der Waals surface area contributed by atoms with Gasteiger partial charge in [-0.3, -0.25) is 10.2 Å². The number of benzene rings is 2. The Hall–Kier alpha value is -2.77. The first kappa shape index (κ1) is 21.0. The van der Waals surface area contributed by atoms with Gasteiger partial charge in [0.05, 0.1) is 18.1 Å². The lowest BCUT2D eigenvalue weighted by molar-refractivity contribution is -0.115. The van der Waals surface area contributed by atoms with Gasteiger partial charge >= 0.3 is 0 Å². The van der Waals surface area contributed by atoms with Crippen LogP contribution in [0.3, 0.4) is 0 Å². The zero-order chi connectivity index (χ0) is 20.6. The first-order valence-corrected chi connectivity index (χ1v) is 10.1. The molecule has 1 saturated heterocycles. The highest BCUT2D eigenvalue weighted by Crippen LogP contribution is 2.25. The van der Waals surface area contributed by atoms with Crippen molar-refractivity contribution in [2.75, 3.05) is 26.4 Å². The van der Waals surface area contributed by atoms with Crippen LogP contribution in [-0.4, -0.2) is 37.5 Å². The highest BCUT2D eigenvalue weighted by Gasteiger charge is 2.21. The molecule has 1 heterocycles. The summed E-state index contributed by atoms with van der Waals surface area (Å²) in [6, 6.07) is 13.5. The quantitative estimate of drug-likeness (QED) is 0.482. The molecule has 0 unspecified atom stereocenters. The number of hydrogen-bond acceptors (Lipinski definition) is 6.